The van der Waals surface area contributed by atoms with Gasteiger partial charge in [0.05, 0.1) is 45.4 Å². The summed E-state index contributed by atoms with van der Waals surface area (Å²) in [5.74, 6) is 0.418. The summed E-state index contributed by atoms with van der Waals surface area (Å²) in [6.07, 6.45) is -0.117. The number of hydrogen-bond acceptors (Lipinski definition) is 8. The van der Waals surface area contributed by atoms with Gasteiger partial charge in [-0.1, -0.05) is 25.1 Å². The number of imide groups is 1. The second-order valence-electron chi connectivity index (χ2n) is 8.97. The van der Waals surface area contributed by atoms with Gasteiger partial charge in [-0.2, -0.15) is 0 Å². The minimum Gasteiger partial charge on any atom is -0.494 e. The lowest BCUT2D eigenvalue weighted by Gasteiger charge is -2.29. The fourth-order valence-electron chi connectivity index (χ4n) is 4.99. The molecule has 38 heavy (non-hydrogen) atoms. The Labute approximate surface area is 221 Å². The Morgan fingerprint density at radius 2 is 1.47 bits per heavy atom. The Morgan fingerprint density at radius 1 is 0.816 bits per heavy atom. The first-order valence-corrected chi connectivity index (χ1v) is 12.4. The molecule has 198 valence electrons. The van der Waals surface area contributed by atoms with Gasteiger partial charge in [-0.15, -0.1) is 0 Å². The second kappa shape index (κ2) is 10.6. The van der Waals surface area contributed by atoms with Crippen molar-refractivity contribution < 1.29 is 33.4 Å². The average Bonchev–Trinajstić information content (AvgIpc) is 3.47. The Bertz CT molecular complexity index is 1290. The first kappa shape index (κ1) is 25.4. The number of benzene rings is 3. The number of amides is 2. The number of hydroxylamine groups is 1. The number of rotatable bonds is 9. The lowest BCUT2D eigenvalue weighted by atomic mass is 9.90. The van der Waals surface area contributed by atoms with Gasteiger partial charge in [0.15, 0.2) is 17.6 Å². The van der Waals surface area contributed by atoms with Crippen LogP contribution in [-0.2, 0) is 14.4 Å². The molecule has 0 spiro atoms. The van der Waals surface area contributed by atoms with E-state index in [-0.39, 0.29) is 5.91 Å². The molecule has 3 atom stereocenters. The first-order valence-electron chi connectivity index (χ1n) is 12.4. The van der Waals surface area contributed by atoms with Gasteiger partial charge in [0.25, 0.3) is 5.91 Å². The summed E-state index contributed by atoms with van der Waals surface area (Å²) < 4.78 is 22.3. The number of fused-ring (bicyclic) bond motifs is 1. The van der Waals surface area contributed by atoms with Crippen LogP contribution in [0, 0.1) is 5.92 Å². The lowest BCUT2D eigenvalue weighted by Crippen LogP contribution is -2.37. The maximum Gasteiger partial charge on any atom is 0.266 e. The molecule has 2 heterocycles. The van der Waals surface area contributed by atoms with E-state index < -0.39 is 24.0 Å². The van der Waals surface area contributed by atoms with E-state index in [1.54, 1.807) is 41.5 Å². The summed E-state index contributed by atoms with van der Waals surface area (Å²) in [6.45, 7) is 2.61. The van der Waals surface area contributed by atoms with Gasteiger partial charge in [-0.05, 0) is 60.5 Å². The van der Waals surface area contributed by atoms with Gasteiger partial charge in [0.2, 0.25) is 11.7 Å². The van der Waals surface area contributed by atoms with Crippen LogP contribution in [0.25, 0.3) is 0 Å². The van der Waals surface area contributed by atoms with Crippen molar-refractivity contribution in [3.05, 3.63) is 72.3 Å². The largest absolute Gasteiger partial charge is 0.494 e. The maximum absolute atomic E-state index is 13.9. The third kappa shape index (κ3) is 4.28. The summed E-state index contributed by atoms with van der Waals surface area (Å²) in [5, 5.41) is 1.63. The van der Waals surface area contributed by atoms with Crippen LogP contribution in [0.2, 0.25) is 0 Å². The highest BCUT2D eigenvalue weighted by Crippen LogP contribution is 2.50. The molecule has 2 aliphatic heterocycles. The molecule has 5 rings (SSSR count). The predicted molar refractivity (Wildman–Crippen MR) is 141 cm³/mol. The van der Waals surface area contributed by atoms with Crippen LogP contribution in [0.5, 0.6) is 23.0 Å². The summed E-state index contributed by atoms with van der Waals surface area (Å²) in [6, 6.07) is 19.3. The molecular weight excluding hydrogens is 488 g/mol. The van der Waals surface area contributed by atoms with Gasteiger partial charge in [0.1, 0.15) is 11.7 Å². The van der Waals surface area contributed by atoms with E-state index in [1.165, 1.54) is 26.2 Å². The number of anilines is 2. The van der Waals surface area contributed by atoms with E-state index in [0.717, 1.165) is 6.42 Å². The minimum atomic E-state index is -0.997. The standard InChI is InChI=1S/C29H30N2O7/c1-5-15-37-21-13-11-19(12-14-21)30-28(32)24-25(18-16-22(34-2)26(36-4)23(17-18)35-3)31(38-27(24)29(30)33)20-9-7-6-8-10-20/h6-14,16-17,24-25,27H,5,15H2,1-4H3/t24-,25-,27-/m1/s1. The number of methoxy groups -OCH3 is 3. The second-order valence-corrected chi connectivity index (χ2v) is 8.97. The average molecular weight is 519 g/mol. The number of carbonyl (C=O) groups excluding carboxylic acids is 2. The molecule has 0 saturated carbocycles. The fraction of sp³-hybridized carbons (Fsp3) is 0.310. The van der Waals surface area contributed by atoms with E-state index in [1.807, 2.05) is 37.3 Å². The first-order chi connectivity index (χ1) is 18.5. The molecule has 2 fully saturated rings. The van der Waals surface area contributed by atoms with Crippen LogP contribution < -0.4 is 28.9 Å². The van der Waals surface area contributed by atoms with E-state index in [0.29, 0.717) is 46.5 Å². The molecule has 0 aromatic heterocycles. The SMILES string of the molecule is CCCOc1ccc(N2C(=O)[C@@H]3[C@@H](c4cc(OC)c(OC)c(OC)c4)N(c4ccccc4)O[C@H]3C2=O)cc1. The molecule has 2 saturated heterocycles. The summed E-state index contributed by atoms with van der Waals surface area (Å²) in [4.78, 5) is 35.0. The zero-order chi connectivity index (χ0) is 26.8. The van der Waals surface area contributed by atoms with Crippen molar-refractivity contribution in [3.63, 3.8) is 0 Å². The number of ether oxygens (including phenoxy) is 4. The Morgan fingerprint density at radius 3 is 2.05 bits per heavy atom. The minimum absolute atomic E-state index is 0.348. The van der Waals surface area contributed by atoms with Crippen molar-refractivity contribution in [1.29, 1.82) is 0 Å². The van der Waals surface area contributed by atoms with Gasteiger partial charge >= 0.3 is 0 Å². The highest BCUT2D eigenvalue weighted by atomic mass is 16.7. The monoisotopic (exact) mass is 518 g/mol. The highest BCUT2D eigenvalue weighted by Gasteiger charge is 2.60. The van der Waals surface area contributed by atoms with Crippen LogP contribution in [-0.4, -0.2) is 45.9 Å². The maximum atomic E-state index is 13.9. The van der Waals surface area contributed by atoms with Gasteiger partial charge in [-0.3, -0.25) is 14.4 Å². The molecule has 3 aromatic rings. The molecule has 0 radical (unpaired) electrons. The Hall–Kier alpha value is -4.24. The smallest absolute Gasteiger partial charge is 0.266 e. The van der Waals surface area contributed by atoms with Crippen LogP contribution in [0.4, 0.5) is 11.4 Å². The molecule has 3 aromatic carbocycles. The molecule has 9 heteroatoms. The zero-order valence-corrected chi connectivity index (χ0v) is 21.7. The van der Waals surface area contributed by atoms with Crippen LogP contribution in [0.15, 0.2) is 66.7 Å². The molecule has 2 amide bonds. The third-order valence-corrected chi connectivity index (χ3v) is 6.72. The van der Waals surface area contributed by atoms with Crippen LogP contribution >= 0.6 is 0 Å². The fourth-order valence-corrected chi connectivity index (χ4v) is 4.99. The van der Waals surface area contributed by atoms with Gasteiger partial charge in [-0.25, -0.2) is 9.96 Å². The van der Waals surface area contributed by atoms with Crippen LogP contribution in [0.3, 0.4) is 0 Å². The van der Waals surface area contributed by atoms with Crippen molar-refractivity contribution in [1.82, 2.24) is 0 Å². The Balaban J connectivity index is 1.56. The molecule has 0 unspecified atom stereocenters. The summed E-state index contributed by atoms with van der Waals surface area (Å²) in [5.41, 5.74) is 1.86. The van der Waals surface area contributed by atoms with E-state index in [2.05, 4.69) is 0 Å². The predicted octanol–water partition coefficient (Wildman–Crippen LogP) is 4.55. The molecule has 0 aliphatic carbocycles. The number of carbonyl (C=O) groups is 2. The van der Waals surface area contributed by atoms with Crippen molar-refractivity contribution in [2.75, 3.05) is 37.9 Å². The van der Waals surface area contributed by atoms with Crippen molar-refractivity contribution in [2.45, 2.75) is 25.5 Å². The zero-order valence-electron chi connectivity index (χ0n) is 21.7. The number of para-hydroxylation sites is 1. The van der Waals surface area contributed by atoms with Crippen LogP contribution in [0.1, 0.15) is 24.9 Å². The molecule has 0 bridgehead atoms. The third-order valence-electron chi connectivity index (χ3n) is 6.72. The van der Waals surface area contributed by atoms with Gasteiger partial charge < -0.3 is 18.9 Å². The topological polar surface area (TPSA) is 86.8 Å². The van der Waals surface area contributed by atoms with Gasteiger partial charge in [0, 0.05) is 0 Å². The van der Waals surface area contributed by atoms with E-state index in [4.69, 9.17) is 23.8 Å². The summed E-state index contributed by atoms with van der Waals surface area (Å²) >= 11 is 0. The molecule has 0 N–H and O–H groups in total. The number of nitrogens with zero attached hydrogens (tertiary/aromatic N) is 2. The van der Waals surface area contributed by atoms with Crippen molar-refractivity contribution in [2.24, 2.45) is 5.92 Å². The van der Waals surface area contributed by atoms with Crippen molar-refractivity contribution in [3.8, 4) is 23.0 Å². The Kier molecular flexibility index (Phi) is 7.11. The van der Waals surface area contributed by atoms with E-state index >= 15 is 0 Å². The molecule has 2 aliphatic rings. The molecular formula is C29H30N2O7. The lowest BCUT2D eigenvalue weighted by molar-refractivity contribution is -0.126. The highest BCUT2D eigenvalue weighted by molar-refractivity contribution is 6.24. The molecule has 9 nitrogen and oxygen atoms in total. The quantitative estimate of drug-likeness (QED) is 0.382. The van der Waals surface area contributed by atoms with Crippen molar-refractivity contribution >= 4 is 23.2 Å². The summed E-state index contributed by atoms with van der Waals surface area (Å²) in [7, 11) is 4.59. The van der Waals surface area contributed by atoms with E-state index in [9.17, 15) is 9.59 Å². The normalized spacial score (nSPS) is 20.5. The number of hydrogen-bond donors (Lipinski definition) is 0.